The molecule has 0 heterocycles. The van der Waals surface area contributed by atoms with Crippen LogP contribution < -0.4 is 4.74 Å². The van der Waals surface area contributed by atoms with Crippen LogP contribution in [0.1, 0.15) is 49.8 Å². The highest BCUT2D eigenvalue weighted by atomic mass is 16.5. The highest BCUT2D eigenvalue weighted by Crippen LogP contribution is 2.29. The van der Waals surface area contributed by atoms with Crippen LogP contribution in [0.5, 0.6) is 5.75 Å². The highest BCUT2D eigenvalue weighted by Gasteiger charge is 2.21. The van der Waals surface area contributed by atoms with Crippen molar-refractivity contribution in [2.75, 3.05) is 6.61 Å². The normalized spacial score (nSPS) is 14.2. The van der Waals surface area contributed by atoms with Crippen LogP contribution in [-0.2, 0) is 11.2 Å². The molecule has 1 unspecified atom stereocenters. The second-order valence-electron chi connectivity index (χ2n) is 7.44. The van der Waals surface area contributed by atoms with Crippen LogP contribution in [0, 0.1) is 23.7 Å². The third-order valence-electron chi connectivity index (χ3n) is 4.56. The number of Topliss-reactive ketones (excluding diaryl/α,β-unsaturated/α-hetero) is 1. The van der Waals surface area contributed by atoms with Crippen LogP contribution in [0.2, 0.25) is 0 Å². The molecule has 0 radical (unpaired) electrons. The maximum Gasteiger partial charge on any atom is 0.130 e. The fourth-order valence-corrected chi connectivity index (χ4v) is 2.97. The fourth-order valence-electron chi connectivity index (χ4n) is 2.97. The van der Waals surface area contributed by atoms with Gasteiger partial charge in [0.2, 0.25) is 0 Å². The van der Waals surface area contributed by atoms with Gasteiger partial charge in [0, 0.05) is 17.5 Å². The highest BCUT2D eigenvalue weighted by molar-refractivity contribution is 5.75. The van der Waals surface area contributed by atoms with Crippen molar-refractivity contribution in [1.82, 2.24) is 0 Å². The predicted molar refractivity (Wildman–Crippen MR) is 105 cm³/mol. The fraction of sp³-hybridized carbons (Fsp3) is 0.375. The van der Waals surface area contributed by atoms with Crippen molar-refractivity contribution >= 4 is 5.78 Å². The van der Waals surface area contributed by atoms with Gasteiger partial charge in [-0.25, -0.2) is 0 Å². The van der Waals surface area contributed by atoms with Gasteiger partial charge >= 0.3 is 0 Å². The summed E-state index contributed by atoms with van der Waals surface area (Å²) in [6, 6.07) is 16.3. The molecule has 0 aliphatic heterocycles. The third kappa shape index (κ3) is 6.08. The summed E-state index contributed by atoms with van der Waals surface area (Å²) in [6.07, 6.45) is 4.17. The SMILES string of the molecule is CC(=O)CC(C)Cc1ccc(C#Cc2ccc(OCC3CC3)cc2)cc1. The lowest BCUT2D eigenvalue weighted by Crippen LogP contribution is -2.04. The van der Waals surface area contributed by atoms with Gasteiger partial charge in [-0.15, -0.1) is 0 Å². The average molecular weight is 346 g/mol. The molecule has 1 saturated carbocycles. The first-order chi connectivity index (χ1) is 12.6. The van der Waals surface area contributed by atoms with E-state index in [0.29, 0.717) is 12.3 Å². The van der Waals surface area contributed by atoms with E-state index in [4.69, 9.17) is 4.74 Å². The molecule has 2 aromatic rings. The molecule has 0 aromatic heterocycles. The Bertz CT molecular complexity index is 787. The maximum atomic E-state index is 11.2. The number of ether oxygens (including phenoxy) is 1. The monoisotopic (exact) mass is 346 g/mol. The molecule has 2 aromatic carbocycles. The van der Waals surface area contributed by atoms with Gasteiger partial charge in [-0.1, -0.05) is 30.9 Å². The van der Waals surface area contributed by atoms with Gasteiger partial charge in [0.05, 0.1) is 6.61 Å². The molecule has 0 N–H and O–H groups in total. The Labute approximate surface area is 156 Å². The minimum absolute atomic E-state index is 0.254. The zero-order chi connectivity index (χ0) is 18.4. The van der Waals surface area contributed by atoms with Crippen LogP contribution in [0.3, 0.4) is 0 Å². The van der Waals surface area contributed by atoms with Crippen molar-refractivity contribution in [2.24, 2.45) is 11.8 Å². The molecule has 2 heteroatoms. The smallest absolute Gasteiger partial charge is 0.130 e. The van der Waals surface area contributed by atoms with Crippen LogP contribution >= 0.6 is 0 Å². The van der Waals surface area contributed by atoms with Gasteiger partial charge in [0.1, 0.15) is 11.5 Å². The van der Waals surface area contributed by atoms with Crippen molar-refractivity contribution in [2.45, 2.75) is 39.5 Å². The molecular weight excluding hydrogens is 320 g/mol. The lowest BCUT2D eigenvalue weighted by Gasteiger charge is -2.09. The summed E-state index contributed by atoms with van der Waals surface area (Å²) < 4.78 is 5.75. The number of ketones is 1. The van der Waals surface area contributed by atoms with Crippen molar-refractivity contribution in [3.8, 4) is 17.6 Å². The number of benzene rings is 2. The number of hydrogen-bond donors (Lipinski definition) is 0. The molecule has 0 amide bonds. The zero-order valence-electron chi connectivity index (χ0n) is 15.6. The van der Waals surface area contributed by atoms with E-state index in [0.717, 1.165) is 35.8 Å². The molecule has 3 rings (SSSR count). The summed E-state index contributed by atoms with van der Waals surface area (Å²) in [6.45, 7) is 4.61. The summed E-state index contributed by atoms with van der Waals surface area (Å²) in [5, 5.41) is 0. The van der Waals surface area contributed by atoms with Crippen molar-refractivity contribution < 1.29 is 9.53 Å². The predicted octanol–water partition coefficient (Wildman–Crippen LogP) is 5.03. The lowest BCUT2D eigenvalue weighted by molar-refractivity contribution is -0.117. The first-order valence-corrected chi connectivity index (χ1v) is 9.42. The number of hydrogen-bond acceptors (Lipinski definition) is 2. The first-order valence-electron chi connectivity index (χ1n) is 9.42. The Hall–Kier alpha value is -2.53. The van der Waals surface area contributed by atoms with E-state index < -0.39 is 0 Å². The van der Waals surface area contributed by atoms with Crippen molar-refractivity contribution in [3.63, 3.8) is 0 Å². The van der Waals surface area contributed by atoms with Gasteiger partial charge in [0.25, 0.3) is 0 Å². The first kappa shape index (κ1) is 18.3. The largest absolute Gasteiger partial charge is 0.493 e. The maximum absolute atomic E-state index is 11.2. The van der Waals surface area contributed by atoms with Gasteiger partial charge in [-0.05, 0) is 80.0 Å². The van der Waals surface area contributed by atoms with Crippen LogP contribution in [0.25, 0.3) is 0 Å². The van der Waals surface area contributed by atoms with Gasteiger partial charge in [0.15, 0.2) is 0 Å². The quantitative estimate of drug-likeness (QED) is 0.657. The van der Waals surface area contributed by atoms with Crippen molar-refractivity contribution in [1.29, 1.82) is 0 Å². The summed E-state index contributed by atoms with van der Waals surface area (Å²) in [5.41, 5.74) is 3.24. The van der Waals surface area contributed by atoms with Crippen molar-refractivity contribution in [3.05, 3.63) is 65.2 Å². The molecule has 0 bridgehead atoms. The second-order valence-corrected chi connectivity index (χ2v) is 7.44. The van der Waals surface area contributed by atoms with E-state index in [1.807, 2.05) is 24.3 Å². The van der Waals surface area contributed by atoms with Gasteiger partial charge in [-0.2, -0.15) is 0 Å². The van der Waals surface area contributed by atoms with E-state index in [2.05, 4.69) is 43.0 Å². The Kier molecular flexibility index (Phi) is 6.12. The molecule has 134 valence electrons. The van der Waals surface area contributed by atoms with E-state index in [-0.39, 0.29) is 5.78 Å². The summed E-state index contributed by atoms with van der Waals surface area (Å²) >= 11 is 0. The topological polar surface area (TPSA) is 26.3 Å². The Morgan fingerprint density at radius 1 is 1.04 bits per heavy atom. The van der Waals surface area contributed by atoms with Crippen LogP contribution in [-0.4, -0.2) is 12.4 Å². The number of rotatable bonds is 7. The zero-order valence-corrected chi connectivity index (χ0v) is 15.6. The molecule has 2 nitrogen and oxygen atoms in total. The summed E-state index contributed by atoms with van der Waals surface area (Å²) in [7, 11) is 0. The minimum atomic E-state index is 0.254. The Morgan fingerprint density at radius 2 is 1.62 bits per heavy atom. The Balaban J connectivity index is 1.54. The standard InChI is InChI=1S/C24H26O2/c1-18(15-19(2)25)16-22-7-5-20(6-8-22)3-4-21-11-13-24(14-12-21)26-17-23-9-10-23/h5-8,11-14,18,23H,9-10,15-17H2,1-2H3. The molecule has 26 heavy (non-hydrogen) atoms. The number of carbonyl (C=O) groups excluding carboxylic acids is 1. The van der Waals surface area contributed by atoms with E-state index in [9.17, 15) is 4.79 Å². The molecule has 1 atom stereocenters. The average Bonchev–Trinajstić information content (AvgIpc) is 3.44. The third-order valence-corrected chi connectivity index (χ3v) is 4.56. The van der Waals surface area contributed by atoms with Gasteiger partial charge < -0.3 is 9.53 Å². The van der Waals surface area contributed by atoms with E-state index in [1.165, 1.54) is 18.4 Å². The molecule has 0 spiro atoms. The van der Waals surface area contributed by atoms with E-state index >= 15 is 0 Å². The number of carbonyl (C=O) groups is 1. The van der Waals surface area contributed by atoms with E-state index in [1.54, 1.807) is 6.92 Å². The molecular formula is C24H26O2. The van der Waals surface area contributed by atoms with Crippen LogP contribution in [0.4, 0.5) is 0 Å². The van der Waals surface area contributed by atoms with Gasteiger partial charge in [-0.3, -0.25) is 0 Å². The lowest BCUT2D eigenvalue weighted by atomic mass is 9.96. The van der Waals surface area contributed by atoms with Crippen LogP contribution in [0.15, 0.2) is 48.5 Å². The minimum Gasteiger partial charge on any atom is -0.493 e. The summed E-state index contributed by atoms with van der Waals surface area (Å²) in [5.74, 6) is 8.73. The molecule has 1 fully saturated rings. The Morgan fingerprint density at radius 3 is 2.15 bits per heavy atom. The summed E-state index contributed by atoms with van der Waals surface area (Å²) in [4.78, 5) is 11.2. The molecule has 1 aliphatic rings. The second kappa shape index (κ2) is 8.72. The molecule has 1 aliphatic carbocycles. The molecule has 0 saturated heterocycles.